The van der Waals surface area contributed by atoms with Crippen LogP contribution in [-0.4, -0.2) is 89.2 Å². The van der Waals surface area contributed by atoms with Gasteiger partial charge in [-0.1, -0.05) is 24.8 Å². The third-order valence-corrected chi connectivity index (χ3v) is 9.63. The van der Waals surface area contributed by atoms with Crippen LogP contribution in [-0.2, 0) is 24.1 Å². The van der Waals surface area contributed by atoms with Crippen molar-refractivity contribution in [3.8, 4) is 12.1 Å². The van der Waals surface area contributed by atoms with E-state index in [4.69, 9.17) is 14.7 Å². The Morgan fingerprint density at radius 1 is 1.14 bits per heavy atom. The van der Waals surface area contributed by atoms with Gasteiger partial charge in [-0.2, -0.15) is 15.2 Å². The van der Waals surface area contributed by atoms with Gasteiger partial charge in [0.25, 0.3) is 0 Å². The summed E-state index contributed by atoms with van der Waals surface area (Å²) in [6.45, 7) is 12.6. The highest BCUT2D eigenvalue weighted by atomic mass is 16.5. The highest BCUT2D eigenvalue weighted by Crippen LogP contribution is 2.37. The van der Waals surface area contributed by atoms with Crippen molar-refractivity contribution in [3.63, 3.8) is 0 Å². The van der Waals surface area contributed by atoms with Crippen molar-refractivity contribution in [2.75, 3.05) is 49.1 Å². The lowest BCUT2D eigenvalue weighted by molar-refractivity contribution is -0.128. The summed E-state index contributed by atoms with van der Waals surface area (Å²) in [5.41, 5.74) is 5.05. The van der Waals surface area contributed by atoms with E-state index in [1.807, 2.05) is 0 Å². The number of nitriles is 1. The number of hydrogen-bond donors (Lipinski definition) is 0. The summed E-state index contributed by atoms with van der Waals surface area (Å²) in [4.78, 5) is 31.8. The minimum absolute atomic E-state index is 0.122. The number of amides is 1. The van der Waals surface area contributed by atoms with Crippen molar-refractivity contribution in [3.05, 3.63) is 53.7 Å². The molecule has 2 fully saturated rings. The van der Waals surface area contributed by atoms with Crippen LogP contribution in [0.4, 0.5) is 11.5 Å². The lowest BCUT2D eigenvalue weighted by Gasteiger charge is -2.42. The van der Waals surface area contributed by atoms with Crippen LogP contribution in [0.3, 0.4) is 0 Å². The summed E-state index contributed by atoms with van der Waals surface area (Å²) in [5.74, 6) is 0.791. The largest absolute Gasteiger partial charge is 0.462 e. The fraction of sp³-hybridized carbons (Fsp3) is 0.576. The van der Waals surface area contributed by atoms with Gasteiger partial charge in [0.2, 0.25) is 5.91 Å². The standard InChI is InChI=1S/C33H43N7O2/c1-4-31(41)40-19-18-37(21-26(40)13-15-34)32-28-12-11-25(39-17-14-24-8-5-6-10-30(24)39)20-29(28)35-33(36-32)42-22-27-9-7-16-38(27)23(2)3/h4-6,8,10,23,25-27H,1,7,9,11-14,16-22H2,2-3H3/t25-,26-,27-/m0/s1. The molecule has 9 nitrogen and oxygen atoms in total. The second-order valence-electron chi connectivity index (χ2n) is 12.4. The van der Waals surface area contributed by atoms with Crippen molar-refractivity contribution in [1.29, 1.82) is 5.26 Å². The fourth-order valence-electron chi connectivity index (χ4n) is 7.51. The van der Waals surface area contributed by atoms with Crippen molar-refractivity contribution < 1.29 is 9.53 Å². The Balaban J connectivity index is 1.29. The Hall–Kier alpha value is -3.64. The number of carbonyl (C=O) groups excluding carboxylic acids is 1. The number of anilines is 2. The molecule has 4 aliphatic rings. The van der Waals surface area contributed by atoms with Gasteiger partial charge in [-0.3, -0.25) is 9.69 Å². The van der Waals surface area contributed by atoms with Crippen molar-refractivity contribution in [2.24, 2.45) is 0 Å². The van der Waals surface area contributed by atoms with Crippen LogP contribution in [0.5, 0.6) is 6.01 Å². The normalized spacial score (nSPS) is 24.0. The zero-order valence-corrected chi connectivity index (χ0v) is 25.0. The smallest absolute Gasteiger partial charge is 0.318 e. The summed E-state index contributed by atoms with van der Waals surface area (Å²) >= 11 is 0. The molecule has 9 heteroatoms. The number of hydrogen-bond acceptors (Lipinski definition) is 8. The van der Waals surface area contributed by atoms with Gasteiger partial charge in [-0.15, -0.1) is 0 Å². The van der Waals surface area contributed by atoms with Crippen LogP contribution in [0.25, 0.3) is 0 Å². The average Bonchev–Trinajstić information content (AvgIpc) is 3.67. The molecule has 0 spiro atoms. The fourth-order valence-corrected chi connectivity index (χ4v) is 7.51. The molecule has 2 aromatic rings. The number of likely N-dealkylation sites (tertiary alicyclic amines) is 1. The minimum Gasteiger partial charge on any atom is -0.462 e. The summed E-state index contributed by atoms with van der Waals surface area (Å²) in [6.07, 6.45) is 7.82. The topological polar surface area (TPSA) is 88.8 Å². The predicted octanol–water partition coefficient (Wildman–Crippen LogP) is 3.77. The summed E-state index contributed by atoms with van der Waals surface area (Å²) in [5, 5.41) is 9.53. The zero-order valence-electron chi connectivity index (χ0n) is 25.0. The van der Waals surface area contributed by atoms with Crippen molar-refractivity contribution in [2.45, 2.75) is 83.0 Å². The molecule has 42 heavy (non-hydrogen) atoms. The van der Waals surface area contributed by atoms with Gasteiger partial charge in [0.05, 0.1) is 24.2 Å². The quantitative estimate of drug-likeness (QED) is 0.444. The summed E-state index contributed by atoms with van der Waals surface area (Å²) < 4.78 is 6.40. The number of aromatic nitrogens is 2. The molecule has 222 valence electrons. The van der Waals surface area contributed by atoms with E-state index in [-0.39, 0.29) is 18.4 Å². The monoisotopic (exact) mass is 569 g/mol. The zero-order chi connectivity index (χ0) is 29.2. The Kier molecular flexibility index (Phi) is 8.34. The van der Waals surface area contributed by atoms with E-state index in [9.17, 15) is 10.1 Å². The Bertz CT molecular complexity index is 1350. The average molecular weight is 570 g/mol. The predicted molar refractivity (Wildman–Crippen MR) is 164 cm³/mol. The molecule has 6 rings (SSSR count). The van der Waals surface area contributed by atoms with Gasteiger partial charge in [0.15, 0.2) is 0 Å². The van der Waals surface area contributed by atoms with E-state index in [1.54, 1.807) is 4.90 Å². The van der Waals surface area contributed by atoms with E-state index in [2.05, 4.69) is 65.5 Å². The van der Waals surface area contributed by atoms with Gasteiger partial charge >= 0.3 is 6.01 Å². The first-order valence-electron chi connectivity index (χ1n) is 15.6. The maximum atomic E-state index is 12.5. The first-order valence-corrected chi connectivity index (χ1v) is 15.6. The SMILES string of the molecule is C=CC(=O)N1CCN(c2nc(OC[C@@H]3CCCN3C(C)C)nc3c2CC[C@H](N2CCc4ccccc42)C3)C[C@@H]1CC#N. The molecular formula is C33H43N7O2. The van der Waals surface area contributed by atoms with E-state index >= 15 is 0 Å². The number of fused-ring (bicyclic) bond motifs is 2. The summed E-state index contributed by atoms with van der Waals surface area (Å²) in [6, 6.07) is 12.5. The lowest BCUT2D eigenvalue weighted by atomic mass is 9.90. The van der Waals surface area contributed by atoms with Crippen LogP contribution in [0.1, 0.15) is 56.4 Å². The van der Waals surface area contributed by atoms with Crippen LogP contribution in [0, 0.1) is 11.3 Å². The Labute approximate surface area is 249 Å². The Morgan fingerprint density at radius 3 is 2.81 bits per heavy atom. The molecule has 4 heterocycles. The molecule has 3 atom stereocenters. The molecule has 0 radical (unpaired) electrons. The van der Waals surface area contributed by atoms with Gasteiger partial charge in [0, 0.05) is 62.0 Å². The van der Waals surface area contributed by atoms with Gasteiger partial charge in [0.1, 0.15) is 12.4 Å². The molecule has 2 saturated heterocycles. The number of ether oxygens (including phenoxy) is 1. The highest BCUT2D eigenvalue weighted by Gasteiger charge is 2.36. The third kappa shape index (κ3) is 5.57. The molecule has 0 saturated carbocycles. The van der Waals surface area contributed by atoms with Crippen LogP contribution in [0.2, 0.25) is 0 Å². The number of para-hydroxylation sites is 1. The molecule has 1 aliphatic carbocycles. The minimum atomic E-state index is -0.209. The molecule has 3 aliphatic heterocycles. The number of carbonyl (C=O) groups is 1. The van der Waals surface area contributed by atoms with Crippen molar-refractivity contribution in [1.82, 2.24) is 19.8 Å². The second-order valence-corrected chi connectivity index (χ2v) is 12.4. The Morgan fingerprint density at radius 2 is 2.00 bits per heavy atom. The molecular weight excluding hydrogens is 526 g/mol. The van der Waals surface area contributed by atoms with E-state index in [0.29, 0.717) is 50.4 Å². The van der Waals surface area contributed by atoms with Crippen LogP contribution >= 0.6 is 0 Å². The van der Waals surface area contributed by atoms with E-state index in [1.165, 1.54) is 29.3 Å². The number of benzene rings is 1. The maximum absolute atomic E-state index is 12.5. The molecule has 0 N–H and O–H groups in total. The molecule has 1 amide bonds. The second kappa shape index (κ2) is 12.3. The number of piperazine rings is 1. The first-order chi connectivity index (χ1) is 20.5. The van der Waals surface area contributed by atoms with E-state index in [0.717, 1.165) is 56.7 Å². The number of rotatable bonds is 8. The van der Waals surface area contributed by atoms with Crippen LogP contribution < -0.4 is 14.5 Å². The van der Waals surface area contributed by atoms with Gasteiger partial charge in [-0.05, 0) is 70.2 Å². The highest BCUT2D eigenvalue weighted by molar-refractivity contribution is 5.87. The molecule has 0 unspecified atom stereocenters. The maximum Gasteiger partial charge on any atom is 0.318 e. The van der Waals surface area contributed by atoms with E-state index < -0.39 is 0 Å². The van der Waals surface area contributed by atoms with Crippen LogP contribution in [0.15, 0.2) is 36.9 Å². The molecule has 1 aromatic carbocycles. The first kappa shape index (κ1) is 28.5. The number of nitrogens with zero attached hydrogens (tertiary/aromatic N) is 7. The molecule has 1 aromatic heterocycles. The third-order valence-electron chi connectivity index (χ3n) is 9.63. The lowest BCUT2D eigenvalue weighted by Crippen LogP contribution is -2.55. The van der Waals surface area contributed by atoms with Gasteiger partial charge in [-0.25, -0.2) is 0 Å². The summed E-state index contributed by atoms with van der Waals surface area (Å²) in [7, 11) is 0. The molecule has 0 bridgehead atoms. The van der Waals surface area contributed by atoms with Gasteiger partial charge < -0.3 is 19.4 Å². The van der Waals surface area contributed by atoms with Crippen molar-refractivity contribution >= 4 is 17.4 Å².